The minimum absolute atomic E-state index is 0. The monoisotopic (exact) mass is 446 g/mol. The molecule has 7 unspecified atom stereocenters. The van der Waals surface area contributed by atoms with Gasteiger partial charge in [0, 0.05) is 0 Å². The Hall–Kier alpha value is -0.260. The Morgan fingerprint density at radius 3 is 2.25 bits per heavy atom. The molecule has 0 N–H and O–H groups in total. The zero-order chi connectivity index (χ0) is 23.2. The number of unbranched alkanes of at least 4 members (excludes halogenated alkanes) is 1. The van der Waals surface area contributed by atoms with E-state index in [1.54, 1.807) is 6.42 Å². The lowest BCUT2D eigenvalue weighted by atomic mass is 9.47. The molecule has 0 heterocycles. The zero-order valence-electron chi connectivity index (χ0n) is 23.0. The fourth-order valence-electron chi connectivity index (χ4n) is 8.37. The van der Waals surface area contributed by atoms with Gasteiger partial charge in [-0.2, -0.15) is 0 Å². The number of hydrogen-bond acceptors (Lipinski definition) is 0. The van der Waals surface area contributed by atoms with E-state index >= 15 is 0 Å². The van der Waals surface area contributed by atoms with Crippen LogP contribution in [0.1, 0.15) is 147 Å². The molecule has 0 nitrogen and oxygen atoms in total. The van der Waals surface area contributed by atoms with Gasteiger partial charge in [0.25, 0.3) is 0 Å². The molecule has 0 aromatic heterocycles. The van der Waals surface area contributed by atoms with Crippen molar-refractivity contribution in [3.63, 3.8) is 0 Å². The van der Waals surface area contributed by atoms with E-state index in [1.165, 1.54) is 70.6 Å². The third-order valence-corrected chi connectivity index (χ3v) is 10.1. The highest BCUT2D eigenvalue weighted by Gasteiger charge is 2.58. The summed E-state index contributed by atoms with van der Waals surface area (Å²) in [6.45, 7) is 20.6. The molecule has 0 radical (unpaired) electrons. The van der Waals surface area contributed by atoms with Crippen LogP contribution in [0.25, 0.3) is 0 Å². The molecule has 0 aromatic rings. The van der Waals surface area contributed by atoms with Crippen molar-refractivity contribution in [1.29, 1.82) is 0 Å². The van der Waals surface area contributed by atoms with E-state index in [-0.39, 0.29) is 7.43 Å². The highest BCUT2D eigenvalue weighted by molar-refractivity contribution is 5.24. The second kappa shape index (κ2) is 13.0. The fraction of sp³-hybridized carbons (Fsp3) is 0.938. The number of rotatable bonds is 5. The molecule has 0 spiro atoms. The average molecular weight is 447 g/mol. The van der Waals surface area contributed by atoms with Gasteiger partial charge in [-0.05, 0) is 104 Å². The summed E-state index contributed by atoms with van der Waals surface area (Å²) in [5, 5.41) is 0. The lowest BCUT2D eigenvalue weighted by Gasteiger charge is -2.58. The molecule has 3 fully saturated rings. The van der Waals surface area contributed by atoms with Gasteiger partial charge in [0.2, 0.25) is 0 Å². The maximum absolute atomic E-state index is 2.75. The van der Waals surface area contributed by atoms with Crippen LogP contribution >= 0.6 is 0 Å². The molecule has 0 heteroatoms. The Bertz CT molecular complexity index is 556. The van der Waals surface area contributed by atoms with Crippen molar-refractivity contribution >= 4 is 0 Å². The first-order chi connectivity index (χ1) is 14.8. The molecular weight excluding hydrogens is 384 g/mol. The molecule has 0 bridgehead atoms. The molecule has 0 amide bonds. The second-order valence-corrected chi connectivity index (χ2v) is 12.1. The van der Waals surface area contributed by atoms with Crippen molar-refractivity contribution in [3.8, 4) is 0 Å². The Kier molecular flexibility index (Phi) is 12.1. The first-order valence-corrected chi connectivity index (χ1v) is 14.5. The molecular formula is C32H62. The van der Waals surface area contributed by atoms with Gasteiger partial charge in [0.15, 0.2) is 0 Å². The van der Waals surface area contributed by atoms with E-state index in [0.29, 0.717) is 10.8 Å². The standard InChI is InChI=1S/C27H46.2C2H6.CH4/c1-19(2)8-6-7-9-21-11-13-24-23-12-10-22-18-20(3)14-16-27(22,5)25(23)15-17-26(21,24)4;2*1-2;/h10,19-21,23-25H,6-9,11-18H2,1-5H3;2*1-2H3;1H4. The predicted octanol–water partition coefficient (Wildman–Crippen LogP) is 11.1. The Balaban J connectivity index is 0.000000971. The van der Waals surface area contributed by atoms with Crippen LogP contribution in [0.2, 0.25) is 0 Å². The first-order valence-electron chi connectivity index (χ1n) is 14.5. The molecule has 3 saturated carbocycles. The summed E-state index contributed by atoms with van der Waals surface area (Å²) in [5.74, 6) is 5.88. The van der Waals surface area contributed by atoms with Crippen molar-refractivity contribution in [2.24, 2.45) is 46.3 Å². The Morgan fingerprint density at radius 1 is 0.906 bits per heavy atom. The maximum atomic E-state index is 2.75. The first kappa shape index (κ1) is 29.8. The Morgan fingerprint density at radius 2 is 1.59 bits per heavy atom. The van der Waals surface area contributed by atoms with Gasteiger partial charge < -0.3 is 0 Å². The number of fused-ring (bicyclic) bond motifs is 5. The van der Waals surface area contributed by atoms with Crippen molar-refractivity contribution < 1.29 is 0 Å². The van der Waals surface area contributed by atoms with E-state index in [4.69, 9.17) is 0 Å². The van der Waals surface area contributed by atoms with Crippen molar-refractivity contribution in [1.82, 2.24) is 0 Å². The van der Waals surface area contributed by atoms with E-state index < -0.39 is 0 Å². The summed E-state index contributed by atoms with van der Waals surface area (Å²) >= 11 is 0. The maximum Gasteiger partial charge on any atom is -0.00851 e. The highest BCUT2D eigenvalue weighted by atomic mass is 14.6. The minimum Gasteiger partial charge on any atom is -0.0845 e. The third-order valence-electron chi connectivity index (χ3n) is 10.1. The van der Waals surface area contributed by atoms with Crippen molar-refractivity contribution in [3.05, 3.63) is 11.6 Å². The quantitative estimate of drug-likeness (QED) is 0.291. The van der Waals surface area contributed by atoms with Crippen LogP contribution in [0.5, 0.6) is 0 Å². The molecule has 190 valence electrons. The number of allylic oxidation sites excluding steroid dienone is 2. The third kappa shape index (κ3) is 5.86. The molecule has 0 saturated heterocycles. The van der Waals surface area contributed by atoms with Crippen LogP contribution in [-0.4, -0.2) is 0 Å². The van der Waals surface area contributed by atoms with E-state index in [2.05, 4.69) is 40.7 Å². The largest absolute Gasteiger partial charge is 0.0845 e. The van der Waals surface area contributed by atoms with Crippen LogP contribution in [0.3, 0.4) is 0 Å². The smallest absolute Gasteiger partial charge is 0.00851 e. The summed E-state index contributed by atoms with van der Waals surface area (Å²) in [6, 6.07) is 0. The van der Waals surface area contributed by atoms with Crippen molar-refractivity contribution in [2.75, 3.05) is 0 Å². The molecule has 32 heavy (non-hydrogen) atoms. The molecule has 0 aliphatic heterocycles. The van der Waals surface area contributed by atoms with Crippen LogP contribution < -0.4 is 0 Å². The summed E-state index contributed by atoms with van der Waals surface area (Å²) < 4.78 is 0. The van der Waals surface area contributed by atoms with E-state index in [0.717, 1.165) is 35.5 Å². The number of hydrogen-bond donors (Lipinski definition) is 0. The van der Waals surface area contributed by atoms with E-state index in [9.17, 15) is 0 Å². The van der Waals surface area contributed by atoms with Crippen LogP contribution in [-0.2, 0) is 0 Å². The summed E-state index contributed by atoms with van der Waals surface area (Å²) in [5.41, 5.74) is 3.10. The fourth-order valence-corrected chi connectivity index (χ4v) is 8.37. The minimum atomic E-state index is 0. The average Bonchev–Trinajstić information content (AvgIpc) is 3.11. The van der Waals surface area contributed by atoms with E-state index in [1.807, 2.05) is 33.3 Å². The lowest BCUT2D eigenvalue weighted by molar-refractivity contribution is -0.0450. The van der Waals surface area contributed by atoms with Gasteiger partial charge in [-0.1, -0.05) is 101 Å². The Labute approximate surface area is 204 Å². The van der Waals surface area contributed by atoms with Crippen LogP contribution in [0.4, 0.5) is 0 Å². The zero-order valence-corrected chi connectivity index (χ0v) is 23.0. The van der Waals surface area contributed by atoms with Gasteiger partial charge in [-0.25, -0.2) is 0 Å². The summed E-state index contributed by atoms with van der Waals surface area (Å²) in [7, 11) is 0. The van der Waals surface area contributed by atoms with Gasteiger partial charge >= 0.3 is 0 Å². The lowest BCUT2D eigenvalue weighted by Crippen LogP contribution is -2.49. The predicted molar refractivity (Wildman–Crippen MR) is 147 cm³/mol. The normalized spacial score (nSPS) is 39.7. The molecule has 4 aliphatic rings. The second-order valence-electron chi connectivity index (χ2n) is 12.1. The molecule has 4 aliphatic carbocycles. The van der Waals surface area contributed by atoms with Gasteiger partial charge in [-0.15, -0.1) is 0 Å². The van der Waals surface area contributed by atoms with Crippen LogP contribution in [0.15, 0.2) is 11.6 Å². The van der Waals surface area contributed by atoms with Gasteiger partial charge in [-0.3, -0.25) is 0 Å². The summed E-state index contributed by atoms with van der Waals surface area (Å²) in [4.78, 5) is 0. The van der Waals surface area contributed by atoms with Gasteiger partial charge in [0.1, 0.15) is 0 Å². The van der Waals surface area contributed by atoms with Gasteiger partial charge in [0.05, 0.1) is 0 Å². The topological polar surface area (TPSA) is 0 Å². The summed E-state index contributed by atoms with van der Waals surface area (Å²) in [6.07, 6.45) is 20.6. The van der Waals surface area contributed by atoms with Crippen molar-refractivity contribution in [2.45, 2.75) is 147 Å². The molecule has 7 atom stereocenters. The van der Waals surface area contributed by atoms with Crippen LogP contribution in [0, 0.1) is 46.3 Å². The SMILES string of the molecule is C.CC.CC.CC(C)CCCCC1CCC2C3CC=C4CC(C)CCC4(C)C3CCC12C. The molecule has 0 aromatic carbocycles. The molecule has 4 rings (SSSR count). The highest BCUT2D eigenvalue weighted by Crippen LogP contribution is 2.67.